The van der Waals surface area contributed by atoms with Gasteiger partial charge in [0, 0.05) is 23.5 Å². The first-order chi connectivity index (χ1) is 22.2. The van der Waals surface area contributed by atoms with Crippen LogP contribution in [0.25, 0.3) is 0 Å². The molecule has 6 rings (SSSR count). The van der Waals surface area contributed by atoms with Gasteiger partial charge >= 0.3 is 0 Å². The van der Waals surface area contributed by atoms with Crippen molar-refractivity contribution in [1.82, 2.24) is 0 Å². The summed E-state index contributed by atoms with van der Waals surface area (Å²) in [6.45, 7) is 4.70. The average Bonchev–Trinajstić information content (AvgIpc) is 3.05. The molecule has 46 heavy (non-hydrogen) atoms. The average molecular weight is 673 g/mol. The van der Waals surface area contributed by atoms with Gasteiger partial charge in [-0.2, -0.15) is 0 Å². The maximum Gasteiger partial charge on any atom is 0.262 e. The van der Waals surface area contributed by atoms with Gasteiger partial charge in [-0.15, -0.1) is 0 Å². The number of fused-ring (bicyclic) bond motifs is 1. The fourth-order valence-electron chi connectivity index (χ4n) is 5.56. The number of hydrogen-bond donors (Lipinski definition) is 1. The highest BCUT2D eigenvalue weighted by Gasteiger charge is 2.41. The van der Waals surface area contributed by atoms with Crippen LogP contribution in [0.15, 0.2) is 120 Å². The summed E-state index contributed by atoms with van der Waals surface area (Å²) in [7, 11) is -4.03. The lowest BCUT2D eigenvalue weighted by molar-refractivity contribution is 0.0968. The Morgan fingerprint density at radius 2 is 1.57 bits per heavy atom. The molecular formula is C36H31Cl2N3O4S. The molecule has 0 radical (unpaired) electrons. The Hall–Kier alpha value is -4.50. The van der Waals surface area contributed by atoms with E-state index in [2.05, 4.69) is 4.72 Å². The van der Waals surface area contributed by atoms with Crippen LogP contribution in [0.5, 0.6) is 5.75 Å². The molecule has 5 aromatic carbocycles. The number of nitrogens with one attached hydrogen (secondary N) is 1. The molecule has 0 aliphatic carbocycles. The molecule has 1 atom stereocenters. The lowest BCUT2D eigenvalue weighted by atomic mass is 9.99. The van der Waals surface area contributed by atoms with E-state index in [9.17, 15) is 13.2 Å². The molecule has 1 aliphatic heterocycles. The van der Waals surface area contributed by atoms with Gasteiger partial charge in [0.2, 0.25) is 0 Å². The van der Waals surface area contributed by atoms with Crippen molar-refractivity contribution < 1.29 is 17.9 Å². The highest BCUT2D eigenvalue weighted by Crippen LogP contribution is 2.46. The van der Waals surface area contributed by atoms with Crippen LogP contribution < -0.4 is 19.3 Å². The summed E-state index contributed by atoms with van der Waals surface area (Å²) >= 11 is 13.4. The number of rotatable bonds is 9. The van der Waals surface area contributed by atoms with Gasteiger partial charge in [-0.1, -0.05) is 83.4 Å². The SMILES string of the molecule is CCOc1ccc(N2C(=O)c3cc(S(=O)(=O)Nc4ccc(C)cc4)ccc3N(Cc3ccccc3)[C@H]2c2cccc(Cl)c2Cl)cc1. The molecule has 234 valence electrons. The number of amides is 1. The summed E-state index contributed by atoms with van der Waals surface area (Å²) in [5.41, 5.74) is 4.39. The number of nitrogens with zero attached hydrogens (tertiary/aromatic N) is 2. The fraction of sp³-hybridized carbons (Fsp3) is 0.139. The van der Waals surface area contributed by atoms with E-state index in [1.807, 2.05) is 67.3 Å². The third-order valence-corrected chi connectivity index (χ3v) is 9.97. The molecule has 1 aliphatic rings. The first-order valence-corrected chi connectivity index (χ1v) is 16.9. The lowest BCUT2D eigenvalue weighted by Crippen LogP contribution is -2.49. The van der Waals surface area contributed by atoms with Crippen LogP contribution in [0, 0.1) is 6.92 Å². The zero-order valence-electron chi connectivity index (χ0n) is 25.2. The number of halogens is 2. The summed E-state index contributed by atoms with van der Waals surface area (Å²) in [6.07, 6.45) is -0.725. The second-order valence-electron chi connectivity index (χ2n) is 10.9. The van der Waals surface area contributed by atoms with Crippen molar-refractivity contribution >= 4 is 56.2 Å². The standard InChI is InChI=1S/C36H31Cl2N3O4S/c1-3-45-28-18-16-27(17-19-28)41-35(30-10-7-11-32(37)34(30)38)40(23-25-8-5-4-6-9-25)33-21-20-29(22-31(33)36(41)42)46(43,44)39-26-14-12-24(2)13-15-26/h4-22,35,39H,3,23H2,1-2H3/t35-/m1/s1. The van der Waals surface area contributed by atoms with Crippen molar-refractivity contribution in [1.29, 1.82) is 0 Å². The Labute approximate surface area is 279 Å². The van der Waals surface area contributed by atoms with E-state index in [1.54, 1.807) is 59.5 Å². The molecular weight excluding hydrogens is 641 g/mol. The molecule has 0 fully saturated rings. The molecule has 5 aromatic rings. The third-order valence-electron chi connectivity index (χ3n) is 7.76. The van der Waals surface area contributed by atoms with Gasteiger partial charge in [0.25, 0.3) is 15.9 Å². The van der Waals surface area contributed by atoms with Crippen LogP contribution in [-0.4, -0.2) is 20.9 Å². The Morgan fingerprint density at radius 3 is 2.26 bits per heavy atom. The summed E-state index contributed by atoms with van der Waals surface area (Å²) in [5.74, 6) is 0.266. The quantitative estimate of drug-likeness (QED) is 0.169. The zero-order chi connectivity index (χ0) is 32.4. The third kappa shape index (κ3) is 6.29. The van der Waals surface area contributed by atoms with Crippen molar-refractivity contribution in [2.45, 2.75) is 31.5 Å². The van der Waals surface area contributed by atoms with E-state index in [-0.39, 0.29) is 10.5 Å². The van der Waals surface area contributed by atoms with E-state index in [4.69, 9.17) is 27.9 Å². The molecule has 0 saturated carbocycles. The molecule has 0 spiro atoms. The van der Waals surface area contributed by atoms with E-state index < -0.39 is 22.1 Å². The van der Waals surface area contributed by atoms with Crippen LogP contribution in [0.1, 0.15) is 40.1 Å². The molecule has 0 unspecified atom stereocenters. The Balaban J connectivity index is 1.54. The molecule has 0 aromatic heterocycles. The number of hydrogen-bond acceptors (Lipinski definition) is 5. The summed E-state index contributed by atoms with van der Waals surface area (Å²) in [4.78, 5) is 18.3. The van der Waals surface area contributed by atoms with E-state index >= 15 is 0 Å². The van der Waals surface area contributed by atoms with Gasteiger partial charge in [-0.3, -0.25) is 14.4 Å². The molecule has 1 amide bonds. The van der Waals surface area contributed by atoms with Gasteiger partial charge in [0.15, 0.2) is 0 Å². The predicted molar refractivity (Wildman–Crippen MR) is 185 cm³/mol. The summed E-state index contributed by atoms with van der Waals surface area (Å²) in [5, 5.41) is 0.674. The number of benzene rings is 5. The van der Waals surface area contributed by atoms with E-state index in [0.29, 0.717) is 51.6 Å². The number of ether oxygens (including phenoxy) is 1. The second kappa shape index (κ2) is 13.1. The minimum atomic E-state index is -4.03. The number of carbonyl (C=O) groups excluding carboxylic acids is 1. The summed E-state index contributed by atoms with van der Waals surface area (Å²) in [6, 6.07) is 34.1. The van der Waals surface area contributed by atoms with Gasteiger partial charge in [-0.25, -0.2) is 8.42 Å². The molecule has 10 heteroatoms. The summed E-state index contributed by atoms with van der Waals surface area (Å²) < 4.78 is 35.4. The van der Waals surface area contributed by atoms with Crippen molar-refractivity contribution in [3.05, 3.63) is 148 Å². The van der Waals surface area contributed by atoms with Gasteiger partial charge in [-0.05, 0) is 80.1 Å². The number of carbonyl (C=O) groups is 1. The van der Waals surface area contributed by atoms with Crippen LogP contribution in [0.3, 0.4) is 0 Å². The first-order valence-electron chi connectivity index (χ1n) is 14.7. The van der Waals surface area contributed by atoms with Gasteiger partial charge in [0.1, 0.15) is 11.9 Å². The van der Waals surface area contributed by atoms with Crippen molar-refractivity contribution in [2.75, 3.05) is 21.1 Å². The molecule has 1 N–H and O–H groups in total. The van der Waals surface area contributed by atoms with Crippen LogP contribution in [-0.2, 0) is 16.6 Å². The van der Waals surface area contributed by atoms with Crippen LogP contribution in [0.4, 0.5) is 17.1 Å². The first kappa shape index (κ1) is 31.5. The highest BCUT2D eigenvalue weighted by atomic mass is 35.5. The monoisotopic (exact) mass is 671 g/mol. The fourth-order valence-corrected chi connectivity index (χ4v) is 7.05. The molecule has 7 nitrogen and oxygen atoms in total. The Morgan fingerprint density at radius 1 is 0.848 bits per heavy atom. The minimum absolute atomic E-state index is 0.0364. The topological polar surface area (TPSA) is 78.9 Å². The number of aryl methyl sites for hydroxylation is 1. The predicted octanol–water partition coefficient (Wildman–Crippen LogP) is 8.87. The maximum absolute atomic E-state index is 14.7. The van der Waals surface area contributed by atoms with E-state index in [0.717, 1.165) is 11.1 Å². The highest BCUT2D eigenvalue weighted by molar-refractivity contribution is 7.92. The largest absolute Gasteiger partial charge is 0.494 e. The Bertz CT molecular complexity index is 1990. The molecule has 0 bridgehead atoms. The zero-order valence-corrected chi connectivity index (χ0v) is 27.5. The van der Waals surface area contributed by atoms with Crippen molar-refractivity contribution in [3.63, 3.8) is 0 Å². The van der Waals surface area contributed by atoms with Gasteiger partial charge in [0.05, 0.1) is 32.8 Å². The normalized spacial score (nSPS) is 14.6. The van der Waals surface area contributed by atoms with Crippen molar-refractivity contribution in [3.8, 4) is 5.75 Å². The second-order valence-corrected chi connectivity index (χ2v) is 13.4. The van der Waals surface area contributed by atoms with Crippen LogP contribution >= 0.6 is 23.2 Å². The Kier molecular flexibility index (Phi) is 8.95. The van der Waals surface area contributed by atoms with Crippen LogP contribution in [0.2, 0.25) is 10.0 Å². The van der Waals surface area contributed by atoms with Crippen molar-refractivity contribution in [2.24, 2.45) is 0 Å². The lowest BCUT2D eigenvalue weighted by Gasteiger charge is -2.46. The molecule has 0 saturated heterocycles. The number of anilines is 3. The maximum atomic E-state index is 14.7. The smallest absolute Gasteiger partial charge is 0.262 e. The molecule has 1 heterocycles. The van der Waals surface area contributed by atoms with Gasteiger partial charge < -0.3 is 9.64 Å². The van der Waals surface area contributed by atoms with E-state index in [1.165, 1.54) is 12.1 Å². The minimum Gasteiger partial charge on any atom is -0.494 e. The number of sulfonamides is 1.